The van der Waals surface area contributed by atoms with Crippen molar-refractivity contribution < 1.29 is 4.79 Å². The molecule has 0 saturated heterocycles. The first-order valence-electron chi connectivity index (χ1n) is 12.5. The van der Waals surface area contributed by atoms with Gasteiger partial charge in [0.05, 0.1) is 12.1 Å². The van der Waals surface area contributed by atoms with Crippen molar-refractivity contribution in [1.82, 2.24) is 34.6 Å². The van der Waals surface area contributed by atoms with Gasteiger partial charge in [0.25, 0.3) is 0 Å². The van der Waals surface area contributed by atoms with E-state index < -0.39 is 0 Å². The van der Waals surface area contributed by atoms with Crippen LogP contribution in [-0.2, 0) is 6.54 Å². The van der Waals surface area contributed by atoms with Crippen molar-refractivity contribution in [2.45, 2.75) is 32.2 Å². The molecule has 37 heavy (non-hydrogen) atoms. The molecule has 5 aromatic rings. The number of hydrogen-bond donors (Lipinski definition) is 2. The fourth-order valence-corrected chi connectivity index (χ4v) is 4.89. The van der Waals surface area contributed by atoms with E-state index >= 15 is 0 Å². The molecule has 0 fully saturated rings. The van der Waals surface area contributed by atoms with Crippen LogP contribution in [0.2, 0.25) is 0 Å². The van der Waals surface area contributed by atoms with E-state index in [0.717, 1.165) is 46.1 Å². The van der Waals surface area contributed by atoms with Gasteiger partial charge in [-0.05, 0) is 36.1 Å². The lowest BCUT2D eigenvalue weighted by Gasteiger charge is -2.20. The van der Waals surface area contributed by atoms with Crippen molar-refractivity contribution in [3.05, 3.63) is 78.4 Å². The van der Waals surface area contributed by atoms with E-state index in [1.54, 1.807) is 19.0 Å². The Hall–Kier alpha value is -4.40. The second-order valence-corrected chi connectivity index (χ2v) is 9.34. The third kappa shape index (κ3) is 4.84. The highest BCUT2D eigenvalue weighted by molar-refractivity contribution is 5.92. The second-order valence-electron chi connectivity index (χ2n) is 9.34. The molecular formula is C28H32N8O. The fraction of sp³-hybridized carbons (Fsp3) is 0.286. The SMILES string of the molecule is CCC(CCN(C)C(=O)NC)c1cc(-c2ccc3cn(Cc4ccccc4)nc3c2)c2c(N)ncnn12. The van der Waals surface area contributed by atoms with Gasteiger partial charge in [-0.3, -0.25) is 4.68 Å². The normalized spacial score (nSPS) is 12.2. The average Bonchev–Trinajstić information content (AvgIpc) is 3.50. The Bertz CT molecular complexity index is 1540. The number of amides is 2. The molecule has 1 atom stereocenters. The number of fused-ring (bicyclic) bond motifs is 2. The number of anilines is 1. The van der Waals surface area contributed by atoms with E-state index in [0.29, 0.717) is 18.9 Å². The van der Waals surface area contributed by atoms with Gasteiger partial charge in [0.2, 0.25) is 0 Å². The number of carbonyl (C=O) groups is 1. The van der Waals surface area contributed by atoms with Crippen LogP contribution in [0.3, 0.4) is 0 Å². The average molecular weight is 497 g/mol. The first-order chi connectivity index (χ1) is 18.0. The van der Waals surface area contributed by atoms with Crippen molar-refractivity contribution in [2.75, 3.05) is 26.4 Å². The van der Waals surface area contributed by atoms with Crippen molar-refractivity contribution in [1.29, 1.82) is 0 Å². The number of carbonyl (C=O) groups excluding carboxylic acids is 1. The Balaban J connectivity index is 1.51. The third-order valence-corrected chi connectivity index (χ3v) is 6.95. The predicted molar refractivity (Wildman–Crippen MR) is 146 cm³/mol. The maximum Gasteiger partial charge on any atom is 0.316 e. The fourth-order valence-electron chi connectivity index (χ4n) is 4.89. The molecule has 0 aliphatic heterocycles. The zero-order valence-corrected chi connectivity index (χ0v) is 21.4. The monoisotopic (exact) mass is 496 g/mol. The Morgan fingerprint density at radius 1 is 1.16 bits per heavy atom. The molecular weight excluding hydrogens is 464 g/mol. The van der Waals surface area contributed by atoms with Gasteiger partial charge in [0.1, 0.15) is 11.8 Å². The highest BCUT2D eigenvalue weighted by atomic mass is 16.2. The second kappa shape index (κ2) is 10.3. The predicted octanol–water partition coefficient (Wildman–Crippen LogP) is 4.53. The molecule has 0 saturated carbocycles. The van der Waals surface area contributed by atoms with Crippen molar-refractivity contribution in [3.63, 3.8) is 0 Å². The number of nitrogens with two attached hydrogens (primary N) is 1. The molecule has 9 nitrogen and oxygen atoms in total. The van der Waals surface area contributed by atoms with E-state index in [1.165, 1.54) is 11.9 Å². The molecule has 3 N–H and O–H groups in total. The summed E-state index contributed by atoms with van der Waals surface area (Å²) in [5.74, 6) is 0.625. The molecule has 0 spiro atoms. The molecule has 9 heteroatoms. The molecule has 3 aromatic heterocycles. The molecule has 190 valence electrons. The quantitative estimate of drug-likeness (QED) is 0.328. The lowest BCUT2D eigenvalue weighted by atomic mass is 9.97. The summed E-state index contributed by atoms with van der Waals surface area (Å²) in [7, 11) is 3.45. The van der Waals surface area contributed by atoms with Gasteiger partial charge in [-0.15, -0.1) is 0 Å². The summed E-state index contributed by atoms with van der Waals surface area (Å²) in [6.45, 7) is 3.50. The maximum atomic E-state index is 12.0. The summed E-state index contributed by atoms with van der Waals surface area (Å²) in [5, 5.41) is 13.1. The maximum absolute atomic E-state index is 12.0. The van der Waals surface area contributed by atoms with Crippen LogP contribution in [0.25, 0.3) is 27.5 Å². The van der Waals surface area contributed by atoms with Crippen molar-refractivity contribution in [3.8, 4) is 11.1 Å². The lowest BCUT2D eigenvalue weighted by Crippen LogP contribution is -2.36. The Kier molecular flexibility index (Phi) is 6.76. The lowest BCUT2D eigenvalue weighted by molar-refractivity contribution is 0.209. The van der Waals surface area contributed by atoms with Gasteiger partial charge in [-0.1, -0.05) is 49.4 Å². The molecule has 0 aliphatic carbocycles. The Labute approximate surface area is 215 Å². The molecule has 0 aliphatic rings. The summed E-state index contributed by atoms with van der Waals surface area (Å²) in [5.41, 5.74) is 12.3. The number of aromatic nitrogens is 5. The third-order valence-electron chi connectivity index (χ3n) is 6.95. The smallest absolute Gasteiger partial charge is 0.316 e. The molecule has 3 heterocycles. The number of rotatable bonds is 8. The molecule has 0 radical (unpaired) electrons. The number of benzene rings is 2. The van der Waals surface area contributed by atoms with E-state index in [9.17, 15) is 4.79 Å². The van der Waals surface area contributed by atoms with Gasteiger partial charge in [0, 0.05) is 49.4 Å². The van der Waals surface area contributed by atoms with Crippen LogP contribution in [-0.4, -0.2) is 55.9 Å². The summed E-state index contributed by atoms with van der Waals surface area (Å²) in [6.07, 6.45) is 5.27. The topological polar surface area (TPSA) is 106 Å². The minimum Gasteiger partial charge on any atom is -0.382 e. The van der Waals surface area contributed by atoms with E-state index in [-0.39, 0.29) is 11.9 Å². The van der Waals surface area contributed by atoms with Crippen LogP contribution < -0.4 is 11.1 Å². The zero-order chi connectivity index (χ0) is 25.9. The standard InChI is InChI=1S/C28H32N8O/c1-4-20(12-13-34(3)28(37)30-2)25-15-23(26-27(29)31-18-32-36(25)26)21-10-11-22-17-35(33-24(22)14-21)16-19-8-6-5-7-9-19/h5-11,14-15,17-18,20H,4,12-13,16H2,1-3H3,(H,30,37)(H2,29,31,32). The minimum absolute atomic E-state index is 0.0952. The summed E-state index contributed by atoms with van der Waals surface area (Å²) in [4.78, 5) is 17.9. The van der Waals surface area contributed by atoms with E-state index in [4.69, 9.17) is 10.8 Å². The first kappa shape index (κ1) is 24.3. The summed E-state index contributed by atoms with van der Waals surface area (Å²) >= 11 is 0. The van der Waals surface area contributed by atoms with Gasteiger partial charge in [-0.2, -0.15) is 10.2 Å². The van der Waals surface area contributed by atoms with Crippen molar-refractivity contribution >= 4 is 28.3 Å². The molecule has 2 aromatic carbocycles. The number of nitrogens with zero attached hydrogens (tertiary/aromatic N) is 6. The number of hydrogen-bond acceptors (Lipinski definition) is 5. The van der Waals surface area contributed by atoms with Crippen LogP contribution in [0, 0.1) is 0 Å². The summed E-state index contributed by atoms with van der Waals surface area (Å²) < 4.78 is 3.88. The number of nitrogens with one attached hydrogen (secondary N) is 1. The molecule has 1 unspecified atom stereocenters. The molecule has 0 bridgehead atoms. The largest absolute Gasteiger partial charge is 0.382 e. The Morgan fingerprint density at radius 2 is 1.97 bits per heavy atom. The van der Waals surface area contributed by atoms with Crippen LogP contribution in [0.1, 0.15) is 36.9 Å². The summed E-state index contributed by atoms with van der Waals surface area (Å²) in [6, 6.07) is 18.7. The van der Waals surface area contributed by atoms with E-state index in [2.05, 4.69) is 64.9 Å². The minimum atomic E-state index is -0.0952. The van der Waals surface area contributed by atoms with Crippen LogP contribution in [0.15, 0.2) is 67.1 Å². The first-order valence-corrected chi connectivity index (χ1v) is 12.5. The van der Waals surface area contributed by atoms with Gasteiger partial charge < -0.3 is 16.0 Å². The van der Waals surface area contributed by atoms with Gasteiger partial charge in [-0.25, -0.2) is 14.3 Å². The highest BCUT2D eigenvalue weighted by Gasteiger charge is 2.22. The number of nitrogen functional groups attached to an aromatic ring is 1. The number of urea groups is 1. The van der Waals surface area contributed by atoms with Crippen LogP contribution >= 0.6 is 0 Å². The zero-order valence-electron chi connectivity index (χ0n) is 21.4. The molecule has 2 amide bonds. The van der Waals surface area contributed by atoms with Crippen LogP contribution in [0.4, 0.5) is 10.6 Å². The van der Waals surface area contributed by atoms with Gasteiger partial charge >= 0.3 is 6.03 Å². The van der Waals surface area contributed by atoms with Crippen molar-refractivity contribution in [2.24, 2.45) is 0 Å². The molecule has 5 rings (SSSR count). The van der Waals surface area contributed by atoms with Gasteiger partial charge in [0.15, 0.2) is 5.82 Å². The van der Waals surface area contributed by atoms with E-state index in [1.807, 2.05) is 27.4 Å². The van der Waals surface area contributed by atoms with Crippen LogP contribution in [0.5, 0.6) is 0 Å². The highest BCUT2D eigenvalue weighted by Crippen LogP contribution is 2.36. The Morgan fingerprint density at radius 3 is 2.73 bits per heavy atom.